The van der Waals surface area contributed by atoms with E-state index >= 15 is 0 Å². The normalized spacial score (nSPS) is 11.7. The van der Waals surface area contributed by atoms with E-state index in [1.807, 2.05) is 6.92 Å². The van der Waals surface area contributed by atoms with Gasteiger partial charge in [0.25, 0.3) is 0 Å². The van der Waals surface area contributed by atoms with Crippen LogP contribution in [0.1, 0.15) is 6.92 Å². The van der Waals surface area contributed by atoms with Gasteiger partial charge in [0.15, 0.2) is 0 Å². The highest BCUT2D eigenvalue weighted by Gasteiger charge is 1.85. The summed E-state index contributed by atoms with van der Waals surface area (Å²) >= 11 is 30.9. The van der Waals surface area contributed by atoms with E-state index in [4.69, 9.17) is 69.6 Å². The fourth-order valence-electron chi connectivity index (χ4n) is 0.0673. The predicted molar refractivity (Wildman–Crippen MR) is 77.5 cm³/mol. The zero-order chi connectivity index (χ0) is 12.5. The Labute approximate surface area is 122 Å². The minimum Gasteiger partial charge on any atom is -0.125 e. The Morgan fingerprint density at radius 3 is 1.20 bits per heavy atom. The molecule has 15 heavy (non-hydrogen) atoms. The van der Waals surface area contributed by atoms with Crippen molar-refractivity contribution >= 4 is 69.6 Å². The van der Waals surface area contributed by atoms with Gasteiger partial charge in [-0.3, -0.25) is 0 Å². The lowest BCUT2D eigenvalue weighted by Gasteiger charge is -1.85. The second kappa shape index (κ2) is 24.4. The van der Waals surface area contributed by atoms with Gasteiger partial charge in [-0.05, 0) is 6.92 Å². The largest absolute Gasteiger partial charge is 0.125 e. The second-order valence-corrected chi connectivity index (χ2v) is 4.14. The highest BCUT2D eigenvalue weighted by atomic mass is 35.5. The molecule has 0 amide bonds. The van der Waals surface area contributed by atoms with E-state index in [1.165, 1.54) is 11.1 Å². The molecular formula is C9H14Cl6. The predicted octanol–water partition coefficient (Wildman–Crippen LogP) is 5.81. The summed E-state index contributed by atoms with van der Waals surface area (Å²) < 4.78 is 0. The molecule has 0 spiro atoms. The molecule has 0 aliphatic carbocycles. The molecule has 92 valence electrons. The quantitative estimate of drug-likeness (QED) is 0.571. The SMILES string of the molecule is CC(Cl)CCl.Cl/C=C\CCl.Cl/C=C\CCl. The third-order valence-corrected chi connectivity index (χ3v) is 2.06. The summed E-state index contributed by atoms with van der Waals surface area (Å²) in [5.41, 5.74) is 2.79. The summed E-state index contributed by atoms with van der Waals surface area (Å²) in [6.07, 6.45) is 3.31. The zero-order valence-electron chi connectivity index (χ0n) is 8.28. The fraction of sp³-hybridized carbons (Fsp3) is 0.556. The van der Waals surface area contributed by atoms with Crippen molar-refractivity contribution in [1.82, 2.24) is 0 Å². The van der Waals surface area contributed by atoms with Crippen molar-refractivity contribution in [3.05, 3.63) is 23.2 Å². The average Bonchev–Trinajstić information content (AvgIpc) is 2.22. The molecule has 0 nitrogen and oxygen atoms in total. The molecular weight excluding hydrogens is 321 g/mol. The first-order valence-electron chi connectivity index (χ1n) is 3.93. The van der Waals surface area contributed by atoms with Crippen molar-refractivity contribution in [1.29, 1.82) is 0 Å². The van der Waals surface area contributed by atoms with Crippen LogP contribution in [0.3, 0.4) is 0 Å². The molecule has 1 unspecified atom stereocenters. The summed E-state index contributed by atoms with van der Waals surface area (Å²) in [7, 11) is 0. The van der Waals surface area contributed by atoms with Crippen LogP contribution in [-0.4, -0.2) is 23.0 Å². The molecule has 0 aliphatic heterocycles. The van der Waals surface area contributed by atoms with Crippen LogP contribution >= 0.6 is 69.6 Å². The maximum atomic E-state index is 5.33. The first-order valence-corrected chi connectivity index (χ1v) is 6.84. The molecule has 0 saturated heterocycles. The van der Waals surface area contributed by atoms with Crippen molar-refractivity contribution in [2.75, 3.05) is 17.6 Å². The minimum absolute atomic E-state index is 0.122. The Hall–Kier alpha value is 1.22. The summed E-state index contributed by atoms with van der Waals surface area (Å²) in [6, 6.07) is 0. The molecule has 0 heterocycles. The highest BCUT2D eigenvalue weighted by Crippen LogP contribution is 1.93. The lowest BCUT2D eigenvalue weighted by atomic mass is 10.6. The number of hydrogen-bond donors (Lipinski definition) is 0. The second-order valence-electron chi connectivity index (χ2n) is 1.97. The smallest absolute Gasteiger partial charge is 0.0443 e. The Balaban J connectivity index is -0.000000144. The summed E-state index contributed by atoms with van der Waals surface area (Å²) in [5, 5.41) is 0.122. The average molecular weight is 335 g/mol. The van der Waals surface area contributed by atoms with Gasteiger partial charge in [0.1, 0.15) is 0 Å². The van der Waals surface area contributed by atoms with Gasteiger partial charge in [-0.2, -0.15) is 0 Å². The van der Waals surface area contributed by atoms with Crippen LogP contribution in [0.25, 0.3) is 0 Å². The van der Waals surface area contributed by atoms with Crippen LogP contribution in [0.5, 0.6) is 0 Å². The number of hydrogen-bond acceptors (Lipinski definition) is 0. The van der Waals surface area contributed by atoms with Gasteiger partial charge in [-0.15, -0.1) is 46.4 Å². The maximum Gasteiger partial charge on any atom is 0.0443 e. The van der Waals surface area contributed by atoms with Crippen LogP contribution in [-0.2, 0) is 0 Å². The molecule has 0 rings (SSSR count). The Morgan fingerprint density at radius 1 is 0.933 bits per heavy atom. The van der Waals surface area contributed by atoms with Crippen LogP contribution in [0.2, 0.25) is 0 Å². The van der Waals surface area contributed by atoms with E-state index in [1.54, 1.807) is 12.2 Å². The minimum atomic E-state index is 0.122. The fourth-order valence-corrected chi connectivity index (χ4v) is 0.606. The molecule has 0 radical (unpaired) electrons. The first-order chi connectivity index (χ1) is 7.10. The topological polar surface area (TPSA) is 0 Å². The van der Waals surface area contributed by atoms with Crippen molar-refractivity contribution in [3.63, 3.8) is 0 Å². The number of rotatable bonds is 3. The molecule has 6 heteroatoms. The molecule has 0 aromatic rings. The highest BCUT2D eigenvalue weighted by molar-refractivity contribution is 6.28. The van der Waals surface area contributed by atoms with E-state index in [-0.39, 0.29) is 5.38 Å². The van der Waals surface area contributed by atoms with Crippen LogP contribution in [0, 0.1) is 0 Å². The molecule has 0 saturated carbocycles. The van der Waals surface area contributed by atoms with Gasteiger partial charge >= 0.3 is 0 Å². The van der Waals surface area contributed by atoms with Gasteiger partial charge in [0.2, 0.25) is 0 Å². The molecule has 0 aliphatic rings. The molecule has 0 N–H and O–H groups in total. The summed E-state index contributed by atoms with van der Waals surface area (Å²) in [4.78, 5) is 0. The van der Waals surface area contributed by atoms with Crippen LogP contribution < -0.4 is 0 Å². The van der Waals surface area contributed by atoms with Crippen molar-refractivity contribution in [2.45, 2.75) is 12.3 Å². The maximum absolute atomic E-state index is 5.33. The van der Waals surface area contributed by atoms with Crippen LogP contribution in [0.15, 0.2) is 23.2 Å². The summed E-state index contributed by atoms with van der Waals surface area (Å²) in [5.74, 6) is 1.55. The van der Waals surface area contributed by atoms with E-state index in [0.29, 0.717) is 17.6 Å². The lowest BCUT2D eigenvalue weighted by molar-refractivity contribution is 1.11. The summed E-state index contributed by atoms with van der Waals surface area (Å²) in [6.45, 7) is 1.86. The van der Waals surface area contributed by atoms with Crippen LogP contribution in [0.4, 0.5) is 0 Å². The van der Waals surface area contributed by atoms with Crippen molar-refractivity contribution in [3.8, 4) is 0 Å². The monoisotopic (exact) mass is 332 g/mol. The van der Waals surface area contributed by atoms with Gasteiger partial charge in [0.05, 0.1) is 0 Å². The first kappa shape index (κ1) is 21.5. The lowest BCUT2D eigenvalue weighted by Crippen LogP contribution is -1.87. The molecule has 0 aromatic heterocycles. The number of allylic oxidation sites excluding steroid dienone is 2. The Morgan fingerprint density at radius 2 is 1.20 bits per heavy atom. The third kappa shape index (κ3) is 51.0. The molecule has 0 bridgehead atoms. The number of halogens is 6. The molecule has 0 aromatic carbocycles. The third-order valence-electron chi connectivity index (χ3n) is 0.569. The molecule has 0 fully saturated rings. The van der Waals surface area contributed by atoms with E-state index < -0.39 is 0 Å². The standard InChI is InChI=1S/C3H6Cl2.2C3H4Cl2/c1-3(5)2-4;2*4-2-1-3-5/h3H,2H2,1H3;2*1-2H,3H2/b;2*2-1-. The van der Waals surface area contributed by atoms with E-state index in [9.17, 15) is 0 Å². The zero-order valence-corrected chi connectivity index (χ0v) is 12.8. The Kier molecular flexibility index (Phi) is 35.0. The van der Waals surface area contributed by atoms with Gasteiger partial charge in [-0.1, -0.05) is 35.4 Å². The molecule has 1 atom stereocenters. The Bertz CT molecular complexity index is 121. The van der Waals surface area contributed by atoms with Gasteiger partial charge in [0, 0.05) is 34.1 Å². The number of alkyl halides is 4. The van der Waals surface area contributed by atoms with Gasteiger partial charge in [-0.25, -0.2) is 0 Å². The van der Waals surface area contributed by atoms with Crippen molar-refractivity contribution in [2.24, 2.45) is 0 Å². The van der Waals surface area contributed by atoms with E-state index in [0.717, 1.165) is 0 Å². The van der Waals surface area contributed by atoms with Gasteiger partial charge < -0.3 is 0 Å². The van der Waals surface area contributed by atoms with Crippen molar-refractivity contribution < 1.29 is 0 Å². The van der Waals surface area contributed by atoms with E-state index in [2.05, 4.69) is 0 Å².